The number of carbonyl (C=O) groups is 3. The highest BCUT2D eigenvalue weighted by atomic mass is 79.9. The SMILES string of the molecule is CCC(=O)CN1C(=O)C(=O)c2ccc(Br)cc21. The van der Waals surface area contributed by atoms with E-state index < -0.39 is 11.7 Å². The van der Waals surface area contributed by atoms with Gasteiger partial charge in [-0.3, -0.25) is 19.3 Å². The summed E-state index contributed by atoms with van der Waals surface area (Å²) in [7, 11) is 0. The number of hydrogen-bond donors (Lipinski definition) is 0. The van der Waals surface area contributed by atoms with Crippen LogP contribution in [0, 0.1) is 0 Å². The van der Waals surface area contributed by atoms with Gasteiger partial charge in [-0.05, 0) is 18.2 Å². The molecule has 1 aromatic carbocycles. The van der Waals surface area contributed by atoms with Gasteiger partial charge in [-0.25, -0.2) is 0 Å². The van der Waals surface area contributed by atoms with Gasteiger partial charge in [0.15, 0.2) is 5.78 Å². The molecule has 0 spiro atoms. The average molecular weight is 296 g/mol. The van der Waals surface area contributed by atoms with E-state index in [1.807, 2.05) is 0 Å². The monoisotopic (exact) mass is 295 g/mol. The summed E-state index contributed by atoms with van der Waals surface area (Å²) in [5, 5.41) is 0. The van der Waals surface area contributed by atoms with Gasteiger partial charge in [-0.15, -0.1) is 0 Å². The maximum absolute atomic E-state index is 11.7. The molecule has 0 fully saturated rings. The van der Waals surface area contributed by atoms with Crippen molar-refractivity contribution in [2.75, 3.05) is 11.4 Å². The Hall–Kier alpha value is -1.49. The number of carbonyl (C=O) groups excluding carboxylic acids is 3. The minimum absolute atomic E-state index is 0.0372. The molecule has 1 aromatic rings. The first-order valence-electron chi connectivity index (χ1n) is 5.22. The Balaban J connectivity index is 2.42. The molecule has 1 heterocycles. The highest BCUT2D eigenvalue weighted by Crippen LogP contribution is 2.31. The lowest BCUT2D eigenvalue weighted by Crippen LogP contribution is -2.34. The number of fused-ring (bicyclic) bond motifs is 1. The second-order valence-electron chi connectivity index (χ2n) is 3.77. The van der Waals surface area contributed by atoms with Gasteiger partial charge < -0.3 is 0 Å². The topological polar surface area (TPSA) is 54.5 Å². The highest BCUT2D eigenvalue weighted by Gasteiger charge is 2.36. The van der Waals surface area contributed by atoms with E-state index in [1.165, 1.54) is 4.90 Å². The van der Waals surface area contributed by atoms with Crippen molar-refractivity contribution >= 4 is 39.1 Å². The zero-order valence-corrected chi connectivity index (χ0v) is 10.8. The van der Waals surface area contributed by atoms with Crippen molar-refractivity contribution in [3.8, 4) is 0 Å². The smallest absolute Gasteiger partial charge is 0.298 e. The first-order chi connectivity index (χ1) is 8.04. The van der Waals surface area contributed by atoms with Crippen molar-refractivity contribution in [2.45, 2.75) is 13.3 Å². The van der Waals surface area contributed by atoms with Gasteiger partial charge in [0.05, 0.1) is 17.8 Å². The number of halogens is 1. The molecule has 2 rings (SSSR count). The quantitative estimate of drug-likeness (QED) is 0.801. The molecule has 0 atom stereocenters. The molecule has 0 saturated carbocycles. The standard InChI is InChI=1S/C12H10BrNO3/c1-2-8(15)6-14-10-5-7(13)3-4-9(10)11(16)12(14)17/h3-5H,2,6H2,1H3. The number of ketones is 2. The fourth-order valence-corrected chi connectivity index (χ4v) is 2.06. The lowest BCUT2D eigenvalue weighted by molar-refractivity contribution is -0.120. The van der Waals surface area contributed by atoms with Crippen LogP contribution in [0.25, 0.3) is 0 Å². The molecule has 1 aliphatic heterocycles. The van der Waals surface area contributed by atoms with Crippen LogP contribution in [0.2, 0.25) is 0 Å². The third kappa shape index (κ3) is 2.02. The highest BCUT2D eigenvalue weighted by molar-refractivity contribution is 9.10. The maximum atomic E-state index is 11.7. The molecule has 1 aliphatic rings. The third-order valence-electron chi connectivity index (χ3n) is 2.66. The number of rotatable bonds is 3. The summed E-state index contributed by atoms with van der Waals surface area (Å²) < 4.78 is 0.771. The molecular formula is C12H10BrNO3. The Morgan fingerprint density at radius 1 is 1.35 bits per heavy atom. The van der Waals surface area contributed by atoms with Crippen LogP contribution >= 0.6 is 15.9 Å². The molecule has 88 valence electrons. The molecule has 0 aliphatic carbocycles. The summed E-state index contributed by atoms with van der Waals surface area (Å²) >= 11 is 3.28. The minimum Gasteiger partial charge on any atom is -0.298 e. The second-order valence-corrected chi connectivity index (χ2v) is 4.69. The lowest BCUT2D eigenvalue weighted by Gasteiger charge is -2.15. The molecule has 0 N–H and O–H groups in total. The van der Waals surface area contributed by atoms with E-state index in [0.717, 1.165) is 4.47 Å². The van der Waals surface area contributed by atoms with Crippen molar-refractivity contribution in [1.82, 2.24) is 0 Å². The van der Waals surface area contributed by atoms with Crippen molar-refractivity contribution in [2.24, 2.45) is 0 Å². The molecule has 17 heavy (non-hydrogen) atoms. The van der Waals surface area contributed by atoms with Crippen molar-refractivity contribution < 1.29 is 14.4 Å². The van der Waals surface area contributed by atoms with E-state index in [9.17, 15) is 14.4 Å². The van der Waals surface area contributed by atoms with Gasteiger partial charge in [0.25, 0.3) is 11.7 Å². The van der Waals surface area contributed by atoms with Gasteiger partial charge >= 0.3 is 0 Å². The van der Waals surface area contributed by atoms with Crippen molar-refractivity contribution in [3.63, 3.8) is 0 Å². The average Bonchev–Trinajstić information content (AvgIpc) is 2.54. The van der Waals surface area contributed by atoms with E-state index in [2.05, 4.69) is 15.9 Å². The Morgan fingerprint density at radius 2 is 2.06 bits per heavy atom. The molecule has 0 unspecified atom stereocenters. The fraction of sp³-hybridized carbons (Fsp3) is 0.250. The number of Topliss-reactive ketones (excluding diaryl/α,β-unsaturated/α-hetero) is 2. The summed E-state index contributed by atoms with van der Waals surface area (Å²) in [6.07, 6.45) is 0.349. The second kappa shape index (κ2) is 4.41. The molecule has 0 saturated heterocycles. The van der Waals surface area contributed by atoms with E-state index in [1.54, 1.807) is 25.1 Å². The predicted molar refractivity (Wildman–Crippen MR) is 66.1 cm³/mol. The Labute approximate surface area is 107 Å². The molecule has 0 radical (unpaired) electrons. The number of anilines is 1. The molecular weight excluding hydrogens is 286 g/mol. The van der Waals surface area contributed by atoms with Gasteiger partial charge in [-0.2, -0.15) is 0 Å². The van der Waals surface area contributed by atoms with Crippen LogP contribution in [0.4, 0.5) is 5.69 Å². The minimum atomic E-state index is -0.625. The van der Waals surface area contributed by atoms with Crippen molar-refractivity contribution in [1.29, 1.82) is 0 Å². The molecule has 4 nitrogen and oxygen atoms in total. The molecule has 0 bridgehead atoms. The third-order valence-corrected chi connectivity index (χ3v) is 3.16. The van der Waals surface area contributed by atoms with Crippen LogP contribution in [0.3, 0.4) is 0 Å². The van der Waals surface area contributed by atoms with Gasteiger partial charge in [0.1, 0.15) is 0 Å². The van der Waals surface area contributed by atoms with Crippen LogP contribution < -0.4 is 4.90 Å². The number of nitrogens with zero attached hydrogens (tertiary/aromatic N) is 1. The number of benzene rings is 1. The van der Waals surface area contributed by atoms with Gasteiger partial charge in [0.2, 0.25) is 0 Å². The molecule has 0 aromatic heterocycles. The Bertz CT molecular complexity index is 524. The van der Waals surface area contributed by atoms with E-state index in [-0.39, 0.29) is 12.3 Å². The maximum Gasteiger partial charge on any atom is 0.299 e. The summed E-state index contributed by atoms with van der Waals surface area (Å²) in [6, 6.07) is 4.98. The number of hydrogen-bond acceptors (Lipinski definition) is 3. The van der Waals surface area contributed by atoms with Gasteiger partial charge in [0, 0.05) is 10.9 Å². The summed E-state index contributed by atoms with van der Waals surface area (Å²) in [5.41, 5.74) is 0.873. The van der Waals surface area contributed by atoms with Crippen LogP contribution in [0.1, 0.15) is 23.7 Å². The predicted octanol–water partition coefficient (Wildman–Crippen LogP) is 1.96. The van der Waals surface area contributed by atoms with Crippen LogP contribution in [0.15, 0.2) is 22.7 Å². The number of amides is 1. The molecule has 1 amide bonds. The zero-order chi connectivity index (χ0) is 12.6. The first kappa shape index (κ1) is 12.0. The van der Waals surface area contributed by atoms with E-state index in [4.69, 9.17) is 0 Å². The summed E-state index contributed by atoms with van der Waals surface area (Å²) in [6.45, 7) is 1.69. The lowest BCUT2D eigenvalue weighted by atomic mass is 10.1. The Morgan fingerprint density at radius 3 is 2.71 bits per heavy atom. The normalized spacial score (nSPS) is 14.1. The Kier molecular flexibility index (Phi) is 3.11. The van der Waals surface area contributed by atoms with Gasteiger partial charge in [-0.1, -0.05) is 22.9 Å². The van der Waals surface area contributed by atoms with Crippen molar-refractivity contribution in [3.05, 3.63) is 28.2 Å². The van der Waals surface area contributed by atoms with Crippen LogP contribution in [-0.4, -0.2) is 24.0 Å². The van der Waals surface area contributed by atoms with Crippen LogP contribution in [-0.2, 0) is 9.59 Å². The fourth-order valence-electron chi connectivity index (χ4n) is 1.71. The first-order valence-corrected chi connectivity index (χ1v) is 6.01. The molecule has 5 heteroatoms. The van der Waals surface area contributed by atoms with E-state index in [0.29, 0.717) is 17.7 Å². The zero-order valence-electron chi connectivity index (χ0n) is 9.20. The summed E-state index contributed by atoms with van der Waals surface area (Å²) in [5.74, 6) is -1.24. The largest absolute Gasteiger partial charge is 0.299 e. The van der Waals surface area contributed by atoms with E-state index >= 15 is 0 Å². The van der Waals surface area contributed by atoms with Crippen LogP contribution in [0.5, 0.6) is 0 Å². The summed E-state index contributed by atoms with van der Waals surface area (Å²) in [4.78, 5) is 36.0.